The van der Waals surface area contributed by atoms with Gasteiger partial charge in [0.25, 0.3) is 0 Å². The van der Waals surface area contributed by atoms with E-state index in [9.17, 15) is 4.79 Å². The summed E-state index contributed by atoms with van der Waals surface area (Å²) in [5.74, 6) is 4.82. The molecule has 4 fully saturated rings. The van der Waals surface area contributed by atoms with Gasteiger partial charge in [-0.3, -0.25) is 0 Å². The number of carbonyl (C=O) groups excluding carboxylic acids is 1. The smallest absolute Gasteiger partial charge is 0.407 e. The van der Waals surface area contributed by atoms with Crippen LogP contribution in [0.5, 0.6) is 0 Å². The molecular formula is C19H36N2O2Si. The minimum absolute atomic E-state index is 0.184. The molecule has 0 radical (unpaired) electrons. The van der Waals surface area contributed by atoms with Crippen molar-refractivity contribution in [3.05, 3.63) is 0 Å². The van der Waals surface area contributed by atoms with Crippen molar-refractivity contribution in [2.24, 2.45) is 35.3 Å². The van der Waals surface area contributed by atoms with Crippen molar-refractivity contribution in [1.82, 2.24) is 5.32 Å². The highest BCUT2D eigenvalue weighted by Gasteiger charge is 2.53. The molecule has 0 aliphatic heterocycles. The van der Waals surface area contributed by atoms with E-state index in [0.717, 1.165) is 55.0 Å². The van der Waals surface area contributed by atoms with Crippen LogP contribution < -0.4 is 11.1 Å². The molecule has 0 aromatic heterocycles. The normalized spacial score (nSPS) is 35.2. The number of hydrogen-bond acceptors (Lipinski definition) is 3. The van der Waals surface area contributed by atoms with E-state index in [2.05, 4.69) is 25.0 Å². The lowest BCUT2D eigenvalue weighted by molar-refractivity contribution is 0.135. The Labute approximate surface area is 148 Å². The van der Waals surface area contributed by atoms with E-state index in [1.807, 2.05) is 0 Å². The summed E-state index contributed by atoms with van der Waals surface area (Å²) in [6, 6.07) is 1.28. The Bertz CT molecular complexity index is 447. The first-order chi connectivity index (χ1) is 11.3. The molecule has 0 unspecified atom stereocenters. The molecule has 1 amide bonds. The zero-order chi connectivity index (χ0) is 17.3. The molecular weight excluding hydrogens is 316 g/mol. The van der Waals surface area contributed by atoms with Gasteiger partial charge in [-0.15, -0.1) is 0 Å². The third-order valence-corrected chi connectivity index (χ3v) is 8.44. The van der Waals surface area contributed by atoms with Crippen molar-refractivity contribution in [1.29, 1.82) is 0 Å². The van der Waals surface area contributed by atoms with Crippen LogP contribution in [0.25, 0.3) is 0 Å². The Hall–Kier alpha value is -0.553. The lowest BCUT2D eigenvalue weighted by Crippen LogP contribution is -2.34. The quantitative estimate of drug-likeness (QED) is 0.652. The van der Waals surface area contributed by atoms with Crippen molar-refractivity contribution in [3.63, 3.8) is 0 Å². The van der Waals surface area contributed by atoms with Crippen LogP contribution in [0.4, 0.5) is 4.79 Å². The number of ether oxygens (including phenoxy) is 1. The first kappa shape index (κ1) is 18.2. The van der Waals surface area contributed by atoms with Crippen LogP contribution in [0.1, 0.15) is 38.5 Å². The number of amides is 1. The van der Waals surface area contributed by atoms with E-state index < -0.39 is 8.07 Å². The Kier molecular flexibility index (Phi) is 5.60. The maximum absolute atomic E-state index is 11.7. The summed E-state index contributed by atoms with van der Waals surface area (Å²) in [6.45, 7) is 8.10. The van der Waals surface area contributed by atoms with Gasteiger partial charge in [-0.25, -0.2) is 4.79 Å². The SMILES string of the molecule is C[Si](C)(C)CCNC(=O)OCC[C@@H](N)C[C@H]1[C@H]2C[C@@H]3C[C@@H](C2)[C@@H]1C3. The summed E-state index contributed by atoms with van der Waals surface area (Å²) < 4.78 is 5.30. The molecule has 0 aromatic carbocycles. The van der Waals surface area contributed by atoms with E-state index >= 15 is 0 Å². The number of rotatable bonds is 8. The highest BCUT2D eigenvalue weighted by atomic mass is 28.3. The van der Waals surface area contributed by atoms with Gasteiger partial charge >= 0.3 is 6.09 Å². The minimum atomic E-state index is -1.10. The van der Waals surface area contributed by atoms with Crippen LogP contribution in [-0.4, -0.2) is 33.4 Å². The van der Waals surface area contributed by atoms with Crippen molar-refractivity contribution < 1.29 is 9.53 Å². The van der Waals surface area contributed by atoms with Crippen LogP contribution in [-0.2, 0) is 4.74 Å². The lowest BCUT2D eigenvalue weighted by atomic mass is 9.73. The molecule has 6 atom stereocenters. The fourth-order valence-electron chi connectivity index (χ4n) is 5.61. The second-order valence-electron chi connectivity index (χ2n) is 9.81. The predicted octanol–water partition coefficient (Wildman–Crippen LogP) is 3.84. The maximum atomic E-state index is 11.7. The third-order valence-electron chi connectivity index (χ3n) is 6.69. The van der Waals surface area contributed by atoms with Crippen LogP contribution in [0.15, 0.2) is 0 Å². The molecule has 4 bridgehead atoms. The number of carbonyl (C=O) groups is 1. The van der Waals surface area contributed by atoms with E-state index in [0.29, 0.717) is 6.61 Å². The predicted molar refractivity (Wildman–Crippen MR) is 101 cm³/mol. The zero-order valence-corrected chi connectivity index (χ0v) is 16.7. The summed E-state index contributed by atoms with van der Waals surface area (Å²) in [5.41, 5.74) is 6.35. The van der Waals surface area contributed by atoms with Crippen LogP contribution in [0.3, 0.4) is 0 Å². The molecule has 5 heteroatoms. The summed E-state index contributed by atoms with van der Waals surface area (Å²) in [5, 5.41) is 2.86. The fourth-order valence-corrected chi connectivity index (χ4v) is 6.48. The molecule has 4 rings (SSSR count). The average Bonchev–Trinajstić information content (AvgIpc) is 2.88. The van der Waals surface area contributed by atoms with Gasteiger partial charge in [0, 0.05) is 20.7 Å². The molecule has 4 nitrogen and oxygen atoms in total. The molecule has 0 spiro atoms. The number of hydrogen-bond donors (Lipinski definition) is 2. The molecule has 0 saturated heterocycles. The molecule has 0 aromatic rings. The highest BCUT2D eigenvalue weighted by Crippen LogP contribution is 2.61. The van der Waals surface area contributed by atoms with Gasteiger partial charge in [0.2, 0.25) is 0 Å². The number of nitrogens with one attached hydrogen (secondary N) is 1. The van der Waals surface area contributed by atoms with Gasteiger partial charge in [0.05, 0.1) is 6.61 Å². The van der Waals surface area contributed by atoms with Gasteiger partial charge in [-0.1, -0.05) is 19.6 Å². The summed E-state index contributed by atoms with van der Waals surface area (Å²) in [7, 11) is -1.10. The largest absolute Gasteiger partial charge is 0.450 e. The van der Waals surface area contributed by atoms with Crippen LogP contribution in [0.2, 0.25) is 25.7 Å². The molecule has 24 heavy (non-hydrogen) atoms. The van der Waals surface area contributed by atoms with Gasteiger partial charge < -0.3 is 15.8 Å². The van der Waals surface area contributed by atoms with Gasteiger partial charge in [0.1, 0.15) is 0 Å². The van der Waals surface area contributed by atoms with Crippen LogP contribution >= 0.6 is 0 Å². The zero-order valence-electron chi connectivity index (χ0n) is 15.7. The second-order valence-corrected chi connectivity index (χ2v) is 15.4. The fraction of sp³-hybridized carbons (Fsp3) is 0.947. The van der Waals surface area contributed by atoms with Crippen molar-refractivity contribution >= 4 is 14.2 Å². The molecule has 4 saturated carbocycles. The van der Waals surface area contributed by atoms with Crippen molar-refractivity contribution in [2.45, 2.75) is 70.3 Å². The Morgan fingerprint density at radius 2 is 1.96 bits per heavy atom. The molecule has 3 N–H and O–H groups in total. The highest BCUT2D eigenvalue weighted by molar-refractivity contribution is 6.76. The second kappa shape index (κ2) is 7.36. The monoisotopic (exact) mass is 352 g/mol. The van der Waals surface area contributed by atoms with E-state index in [-0.39, 0.29) is 12.1 Å². The Morgan fingerprint density at radius 3 is 2.67 bits per heavy atom. The van der Waals surface area contributed by atoms with E-state index in [1.165, 1.54) is 25.7 Å². The van der Waals surface area contributed by atoms with E-state index in [4.69, 9.17) is 10.5 Å². The first-order valence-corrected chi connectivity index (χ1v) is 13.7. The molecule has 0 heterocycles. The van der Waals surface area contributed by atoms with Crippen molar-refractivity contribution in [2.75, 3.05) is 13.2 Å². The summed E-state index contributed by atoms with van der Waals surface area (Å²) in [6.07, 6.45) is 7.54. The van der Waals surface area contributed by atoms with Crippen molar-refractivity contribution in [3.8, 4) is 0 Å². The standard InChI is InChI=1S/C19H36N2O2Si/c1-24(2,3)7-5-21-19(22)23-6-4-16(20)12-18-15-9-13-8-14(11-15)17(18)10-13/h13-18H,4-12,20H2,1-3H3,(H,21,22)/t13-,14-,15-,16+,17-,18-/m0/s1. The number of nitrogens with two attached hydrogens (primary N) is 1. The summed E-state index contributed by atoms with van der Waals surface area (Å²) in [4.78, 5) is 11.7. The minimum Gasteiger partial charge on any atom is -0.450 e. The van der Waals surface area contributed by atoms with E-state index in [1.54, 1.807) is 0 Å². The Morgan fingerprint density at radius 1 is 1.21 bits per heavy atom. The van der Waals surface area contributed by atoms with Gasteiger partial charge in [0.15, 0.2) is 0 Å². The molecule has 4 aliphatic rings. The molecule has 4 aliphatic carbocycles. The van der Waals surface area contributed by atoms with Gasteiger partial charge in [-0.05, 0) is 74.2 Å². The summed E-state index contributed by atoms with van der Waals surface area (Å²) >= 11 is 0. The Balaban J connectivity index is 1.29. The molecule has 138 valence electrons. The lowest BCUT2D eigenvalue weighted by Gasteiger charge is -2.33. The van der Waals surface area contributed by atoms with Gasteiger partial charge in [-0.2, -0.15) is 0 Å². The first-order valence-electron chi connectivity index (χ1n) is 9.98. The average molecular weight is 353 g/mol. The topological polar surface area (TPSA) is 64.3 Å². The van der Waals surface area contributed by atoms with Crippen LogP contribution in [0, 0.1) is 29.6 Å². The maximum Gasteiger partial charge on any atom is 0.407 e. The number of alkyl carbamates (subject to hydrolysis) is 1. The third kappa shape index (κ3) is 4.54.